The fourth-order valence-corrected chi connectivity index (χ4v) is 1.74. The van der Waals surface area contributed by atoms with Crippen LogP contribution in [0.4, 0.5) is 0 Å². The van der Waals surface area contributed by atoms with Crippen molar-refractivity contribution in [2.24, 2.45) is 5.92 Å². The van der Waals surface area contributed by atoms with E-state index in [4.69, 9.17) is 4.74 Å². The molecule has 0 radical (unpaired) electrons. The molecule has 4 nitrogen and oxygen atoms in total. The molecule has 1 aromatic rings. The van der Waals surface area contributed by atoms with Crippen molar-refractivity contribution >= 4 is 11.8 Å². The monoisotopic (exact) mass is 262 g/mol. The van der Waals surface area contributed by atoms with Gasteiger partial charge >= 0.3 is 5.97 Å². The van der Waals surface area contributed by atoms with Crippen LogP contribution in [0.1, 0.15) is 23.2 Å². The van der Waals surface area contributed by atoms with Gasteiger partial charge in [-0.1, -0.05) is 6.08 Å². The lowest BCUT2D eigenvalue weighted by Crippen LogP contribution is -2.25. The summed E-state index contributed by atoms with van der Waals surface area (Å²) in [4.78, 5) is 23.9. The first-order valence-electron chi connectivity index (χ1n) is 6.01. The Morgan fingerprint density at radius 2 is 1.89 bits per heavy atom. The highest BCUT2D eigenvalue weighted by molar-refractivity contribution is 6.08. The molecule has 0 aliphatic heterocycles. The Morgan fingerprint density at radius 1 is 1.26 bits per heavy atom. The van der Waals surface area contributed by atoms with Gasteiger partial charge < -0.3 is 9.47 Å². The quantitative estimate of drug-likeness (QED) is 0.328. The summed E-state index contributed by atoms with van der Waals surface area (Å²) in [5.41, 5.74) is 0.472. The molecule has 0 aromatic heterocycles. The highest BCUT2D eigenvalue weighted by Gasteiger charge is 2.27. The van der Waals surface area contributed by atoms with Crippen molar-refractivity contribution in [3.05, 3.63) is 42.5 Å². The van der Waals surface area contributed by atoms with Gasteiger partial charge in [-0.05, 0) is 37.1 Å². The number of methoxy groups -OCH3 is 2. The summed E-state index contributed by atoms with van der Waals surface area (Å²) in [7, 11) is 2.84. The van der Waals surface area contributed by atoms with Gasteiger partial charge in [0.15, 0.2) is 5.78 Å². The van der Waals surface area contributed by atoms with E-state index in [0.717, 1.165) is 0 Å². The van der Waals surface area contributed by atoms with Crippen LogP contribution < -0.4 is 4.74 Å². The molecule has 0 fully saturated rings. The molecule has 0 N–H and O–H groups in total. The maximum Gasteiger partial charge on any atom is 0.316 e. The molecular weight excluding hydrogens is 244 g/mol. The summed E-state index contributed by atoms with van der Waals surface area (Å²) >= 11 is 0. The van der Waals surface area contributed by atoms with Crippen LogP contribution in [-0.4, -0.2) is 26.0 Å². The van der Waals surface area contributed by atoms with E-state index in [1.54, 1.807) is 37.5 Å². The van der Waals surface area contributed by atoms with Crippen LogP contribution in [0, 0.1) is 5.92 Å². The Kier molecular flexibility index (Phi) is 5.79. The zero-order valence-corrected chi connectivity index (χ0v) is 11.2. The standard InChI is InChI=1S/C15H18O4/c1-4-5-6-13(15(17)19-3)14(16)11-7-9-12(18-2)10-8-11/h4,7-10,13H,1,5-6H2,2-3H3. The van der Waals surface area contributed by atoms with Crippen molar-refractivity contribution < 1.29 is 19.1 Å². The lowest BCUT2D eigenvalue weighted by Gasteiger charge is -2.12. The van der Waals surface area contributed by atoms with Crippen LogP contribution >= 0.6 is 0 Å². The van der Waals surface area contributed by atoms with Crippen molar-refractivity contribution in [3.63, 3.8) is 0 Å². The average Bonchev–Trinajstić information content (AvgIpc) is 2.47. The molecule has 1 unspecified atom stereocenters. The fraction of sp³-hybridized carbons (Fsp3) is 0.333. The predicted molar refractivity (Wildman–Crippen MR) is 72.3 cm³/mol. The van der Waals surface area contributed by atoms with E-state index < -0.39 is 11.9 Å². The third kappa shape index (κ3) is 3.95. The number of hydrogen-bond donors (Lipinski definition) is 0. The molecule has 1 atom stereocenters. The Morgan fingerprint density at radius 3 is 2.37 bits per heavy atom. The highest BCUT2D eigenvalue weighted by Crippen LogP contribution is 2.19. The second-order valence-corrected chi connectivity index (χ2v) is 4.03. The van der Waals surface area contributed by atoms with Crippen molar-refractivity contribution in [2.45, 2.75) is 12.8 Å². The smallest absolute Gasteiger partial charge is 0.316 e. The zero-order valence-electron chi connectivity index (χ0n) is 11.2. The van der Waals surface area contributed by atoms with E-state index in [2.05, 4.69) is 11.3 Å². The van der Waals surface area contributed by atoms with Gasteiger partial charge in [0.1, 0.15) is 11.7 Å². The second kappa shape index (κ2) is 7.36. The summed E-state index contributed by atoms with van der Waals surface area (Å²) in [5.74, 6) is -0.868. The average molecular weight is 262 g/mol. The van der Waals surface area contributed by atoms with Gasteiger partial charge in [-0.2, -0.15) is 0 Å². The molecule has 0 aliphatic rings. The van der Waals surface area contributed by atoms with Crippen LogP contribution in [0.2, 0.25) is 0 Å². The van der Waals surface area contributed by atoms with E-state index in [0.29, 0.717) is 24.2 Å². The molecule has 0 spiro atoms. The second-order valence-electron chi connectivity index (χ2n) is 4.03. The Balaban J connectivity index is 2.90. The van der Waals surface area contributed by atoms with Crippen LogP contribution in [0.3, 0.4) is 0 Å². The van der Waals surface area contributed by atoms with Crippen LogP contribution in [0.25, 0.3) is 0 Å². The third-order valence-corrected chi connectivity index (χ3v) is 2.84. The predicted octanol–water partition coefficient (Wildman–Crippen LogP) is 2.63. The number of hydrogen-bond acceptors (Lipinski definition) is 4. The molecule has 4 heteroatoms. The van der Waals surface area contributed by atoms with Gasteiger partial charge in [0.25, 0.3) is 0 Å². The molecule has 102 valence electrons. The van der Waals surface area contributed by atoms with E-state index in [1.807, 2.05) is 0 Å². The SMILES string of the molecule is C=CCCC(C(=O)OC)C(=O)c1ccc(OC)cc1. The van der Waals surface area contributed by atoms with Gasteiger partial charge in [0, 0.05) is 5.56 Å². The minimum atomic E-state index is -0.781. The van der Waals surface area contributed by atoms with Crippen molar-refractivity contribution in [1.82, 2.24) is 0 Å². The Bertz CT molecular complexity index is 448. The summed E-state index contributed by atoms with van der Waals surface area (Å²) in [6.07, 6.45) is 2.67. The lowest BCUT2D eigenvalue weighted by atomic mass is 9.93. The molecule has 0 saturated heterocycles. The minimum Gasteiger partial charge on any atom is -0.497 e. The molecule has 0 bridgehead atoms. The number of carbonyl (C=O) groups is 2. The number of allylic oxidation sites excluding steroid dienone is 1. The molecule has 0 amide bonds. The minimum absolute atomic E-state index is 0.239. The van der Waals surface area contributed by atoms with Crippen molar-refractivity contribution in [2.75, 3.05) is 14.2 Å². The number of Topliss-reactive ketones (excluding diaryl/α,β-unsaturated/α-hetero) is 1. The maximum atomic E-state index is 12.3. The first kappa shape index (κ1) is 15.0. The number of ether oxygens (including phenoxy) is 2. The third-order valence-electron chi connectivity index (χ3n) is 2.84. The number of carbonyl (C=O) groups excluding carboxylic acids is 2. The highest BCUT2D eigenvalue weighted by atomic mass is 16.5. The van der Waals surface area contributed by atoms with Crippen molar-refractivity contribution in [3.8, 4) is 5.75 Å². The fourth-order valence-electron chi connectivity index (χ4n) is 1.74. The molecule has 1 rings (SSSR count). The van der Waals surface area contributed by atoms with Gasteiger partial charge in [0.05, 0.1) is 14.2 Å². The first-order valence-corrected chi connectivity index (χ1v) is 6.01. The molecular formula is C15H18O4. The van der Waals surface area contributed by atoms with Crippen LogP contribution in [0.15, 0.2) is 36.9 Å². The summed E-state index contributed by atoms with van der Waals surface area (Å²) in [5, 5.41) is 0. The van der Waals surface area contributed by atoms with E-state index in [1.165, 1.54) is 7.11 Å². The van der Waals surface area contributed by atoms with Gasteiger partial charge in [-0.25, -0.2) is 0 Å². The van der Waals surface area contributed by atoms with Gasteiger partial charge in [-0.3, -0.25) is 9.59 Å². The molecule has 0 heterocycles. The molecule has 0 aliphatic carbocycles. The lowest BCUT2D eigenvalue weighted by molar-refractivity contribution is -0.143. The van der Waals surface area contributed by atoms with Crippen LogP contribution in [0.5, 0.6) is 5.75 Å². The summed E-state index contributed by atoms with van der Waals surface area (Å²) < 4.78 is 9.70. The Hall–Kier alpha value is -2.10. The zero-order chi connectivity index (χ0) is 14.3. The molecule has 1 aromatic carbocycles. The van der Waals surface area contributed by atoms with E-state index >= 15 is 0 Å². The topological polar surface area (TPSA) is 52.6 Å². The molecule has 19 heavy (non-hydrogen) atoms. The van der Waals surface area contributed by atoms with E-state index in [-0.39, 0.29) is 5.78 Å². The number of rotatable bonds is 7. The molecule has 0 saturated carbocycles. The number of ketones is 1. The number of benzene rings is 1. The maximum absolute atomic E-state index is 12.3. The van der Waals surface area contributed by atoms with Gasteiger partial charge in [-0.15, -0.1) is 6.58 Å². The Labute approximate surface area is 113 Å². The van der Waals surface area contributed by atoms with Gasteiger partial charge in [0.2, 0.25) is 0 Å². The summed E-state index contributed by atoms with van der Waals surface area (Å²) in [6, 6.07) is 6.67. The van der Waals surface area contributed by atoms with Crippen molar-refractivity contribution in [1.29, 1.82) is 0 Å². The first-order chi connectivity index (χ1) is 9.13. The summed E-state index contributed by atoms with van der Waals surface area (Å²) in [6.45, 7) is 3.59. The van der Waals surface area contributed by atoms with Crippen LogP contribution in [-0.2, 0) is 9.53 Å². The largest absolute Gasteiger partial charge is 0.497 e. The number of esters is 1. The van der Waals surface area contributed by atoms with E-state index in [9.17, 15) is 9.59 Å². The normalized spacial score (nSPS) is 11.5.